The summed E-state index contributed by atoms with van der Waals surface area (Å²) in [7, 11) is 0. The first-order valence-electron chi connectivity index (χ1n) is 23.4. The van der Waals surface area contributed by atoms with Crippen LogP contribution in [0.15, 0.2) is 60.8 Å². The van der Waals surface area contributed by atoms with Gasteiger partial charge < -0.3 is 15.2 Å². The number of allylic oxidation sites excluding steroid dienone is 10. The molecule has 0 spiro atoms. The average molecular weight is 782 g/mol. The number of carboxylic acid groups (broad SMARTS) is 1. The Hall–Kier alpha value is -2.89. The molecule has 0 saturated heterocycles. The standard InChI is InChI=1S/C50H87NO5/c1-3-5-7-9-11-13-15-16-17-18-19-20-21-22-23-24-25-26-28-30-32-37-41-45-50(55)56-47(42-38-34-31-29-27-14-12-10-8-6-4-2)43-39-35-33-36-40-44-48(52)51-46-49(53)54/h12,14-16,18-19,21-22,29,31,47H,3-11,13,17,20,23-28,30,32-46H2,1-2H3,(H,51,52)(H,53,54)/b14-12-,16-15-,19-18-,22-21-,31-29-. The first kappa shape index (κ1) is 53.1. The predicted octanol–water partition coefficient (Wildman–Crippen LogP) is 14.8. The zero-order chi connectivity index (χ0) is 40.8. The summed E-state index contributed by atoms with van der Waals surface area (Å²) in [5.41, 5.74) is 0. The number of amides is 1. The molecule has 56 heavy (non-hydrogen) atoms. The molecule has 0 aromatic carbocycles. The molecule has 1 atom stereocenters. The van der Waals surface area contributed by atoms with E-state index in [1.165, 1.54) is 109 Å². The van der Waals surface area contributed by atoms with Crippen molar-refractivity contribution in [1.29, 1.82) is 0 Å². The van der Waals surface area contributed by atoms with Crippen molar-refractivity contribution in [2.24, 2.45) is 0 Å². The normalized spacial score (nSPS) is 12.6. The van der Waals surface area contributed by atoms with E-state index in [9.17, 15) is 14.4 Å². The summed E-state index contributed by atoms with van der Waals surface area (Å²) < 4.78 is 6.01. The smallest absolute Gasteiger partial charge is 0.322 e. The lowest BCUT2D eigenvalue weighted by molar-refractivity contribution is -0.150. The molecule has 322 valence electrons. The van der Waals surface area contributed by atoms with Gasteiger partial charge in [-0.05, 0) is 103 Å². The number of aliphatic carboxylic acids is 1. The third kappa shape index (κ3) is 43.8. The number of rotatable bonds is 42. The van der Waals surface area contributed by atoms with Crippen LogP contribution in [-0.2, 0) is 19.1 Å². The molecule has 0 aromatic heterocycles. The summed E-state index contributed by atoms with van der Waals surface area (Å²) in [5, 5.41) is 11.1. The quantitative estimate of drug-likeness (QED) is 0.0365. The molecule has 6 heteroatoms. The molecule has 1 amide bonds. The molecular weight excluding hydrogens is 695 g/mol. The summed E-state index contributed by atoms with van der Waals surface area (Å²) in [4.78, 5) is 35.1. The number of carbonyl (C=O) groups is 3. The summed E-state index contributed by atoms with van der Waals surface area (Å²) in [6.45, 7) is 4.18. The Morgan fingerprint density at radius 3 is 1.36 bits per heavy atom. The number of nitrogens with one attached hydrogen (secondary N) is 1. The van der Waals surface area contributed by atoms with Crippen molar-refractivity contribution in [2.45, 2.75) is 232 Å². The average Bonchev–Trinajstić information content (AvgIpc) is 3.18. The Balaban J connectivity index is 4.11. The number of carboxylic acids is 1. The molecule has 0 radical (unpaired) electrons. The summed E-state index contributed by atoms with van der Waals surface area (Å²) >= 11 is 0. The van der Waals surface area contributed by atoms with E-state index in [0.29, 0.717) is 12.8 Å². The fourth-order valence-electron chi connectivity index (χ4n) is 6.68. The molecule has 0 bridgehead atoms. The molecular formula is C50H87NO5. The van der Waals surface area contributed by atoms with Crippen LogP contribution in [0.1, 0.15) is 226 Å². The topological polar surface area (TPSA) is 92.7 Å². The van der Waals surface area contributed by atoms with Crippen LogP contribution in [0.2, 0.25) is 0 Å². The van der Waals surface area contributed by atoms with E-state index in [1.54, 1.807) is 0 Å². The second-order valence-electron chi connectivity index (χ2n) is 15.6. The maximum atomic E-state index is 12.8. The molecule has 1 unspecified atom stereocenters. The van der Waals surface area contributed by atoms with Gasteiger partial charge in [-0.3, -0.25) is 14.4 Å². The van der Waals surface area contributed by atoms with Crippen molar-refractivity contribution < 1.29 is 24.2 Å². The number of esters is 1. The van der Waals surface area contributed by atoms with Crippen molar-refractivity contribution in [3.05, 3.63) is 60.8 Å². The predicted molar refractivity (Wildman–Crippen MR) is 240 cm³/mol. The molecule has 0 aromatic rings. The van der Waals surface area contributed by atoms with Gasteiger partial charge in [-0.15, -0.1) is 0 Å². The van der Waals surface area contributed by atoms with E-state index in [-0.39, 0.29) is 24.5 Å². The highest BCUT2D eigenvalue weighted by molar-refractivity contribution is 5.80. The van der Waals surface area contributed by atoms with Gasteiger partial charge in [-0.1, -0.05) is 171 Å². The molecule has 0 aliphatic rings. The largest absolute Gasteiger partial charge is 0.480 e. The summed E-state index contributed by atoms with van der Waals surface area (Å²) in [6.07, 6.45) is 59.2. The highest BCUT2D eigenvalue weighted by Crippen LogP contribution is 2.18. The van der Waals surface area contributed by atoms with Crippen LogP contribution < -0.4 is 5.32 Å². The van der Waals surface area contributed by atoms with Crippen molar-refractivity contribution in [3.63, 3.8) is 0 Å². The van der Waals surface area contributed by atoms with Gasteiger partial charge in [0.05, 0.1) is 0 Å². The Kier molecular flexibility index (Phi) is 42.5. The maximum absolute atomic E-state index is 12.8. The van der Waals surface area contributed by atoms with E-state index in [0.717, 1.165) is 89.9 Å². The molecule has 2 N–H and O–H groups in total. The van der Waals surface area contributed by atoms with Crippen LogP contribution in [-0.4, -0.2) is 35.6 Å². The molecule has 0 rings (SSSR count). The van der Waals surface area contributed by atoms with E-state index in [1.807, 2.05) is 0 Å². The number of unbranched alkanes of at least 4 members (excludes halogenated alkanes) is 21. The number of ether oxygens (including phenoxy) is 1. The van der Waals surface area contributed by atoms with Crippen LogP contribution in [0.5, 0.6) is 0 Å². The lowest BCUT2D eigenvalue weighted by Crippen LogP contribution is -2.28. The van der Waals surface area contributed by atoms with Crippen LogP contribution in [0.4, 0.5) is 0 Å². The van der Waals surface area contributed by atoms with Crippen molar-refractivity contribution in [1.82, 2.24) is 5.32 Å². The van der Waals surface area contributed by atoms with Gasteiger partial charge in [0.15, 0.2) is 0 Å². The Morgan fingerprint density at radius 1 is 0.464 bits per heavy atom. The summed E-state index contributed by atoms with van der Waals surface area (Å²) in [6, 6.07) is 0. The number of hydrogen-bond donors (Lipinski definition) is 2. The zero-order valence-corrected chi connectivity index (χ0v) is 36.5. The lowest BCUT2D eigenvalue weighted by Gasteiger charge is -2.18. The second kappa shape index (κ2) is 44.8. The maximum Gasteiger partial charge on any atom is 0.322 e. The molecule has 6 nitrogen and oxygen atoms in total. The van der Waals surface area contributed by atoms with Gasteiger partial charge in [0.1, 0.15) is 12.6 Å². The van der Waals surface area contributed by atoms with Gasteiger partial charge in [0.2, 0.25) is 5.91 Å². The van der Waals surface area contributed by atoms with Crippen molar-refractivity contribution in [3.8, 4) is 0 Å². The lowest BCUT2D eigenvalue weighted by atomic mass is 10.0. The SMILES string of the molecule is CCCCC/C=C\C/C=C\CCCC(CCCCCCCC(=O)NCC(=O)O)OC(=O)CCCCCCCCCC/C=C\C/C=C\C/C=C\CCCCCCC. The fraction of sp³-hybridized carbons (Fsp3) is 0.740. The van der Waals surface area contributed by atoms with Crippen LogP contribution in [0, 0.1) is 0 Å². The van der Waals surface area contributed by atoms with E-state index >= 15 is 0 Å². The van der Waals surface area contributed by atoms with Gasteiger partial charge in [-0.25, -0.2) is 0 Å². The first-order valence-corrected chi connectivity index (χ1v) is 23.4. The fourth-order valence-corrected chi connectivity index (χ4v) is 6.68. The monoisotopic (exact) mass is 782 g/mol. The molecule has 0 aliphatic heterocycles. The van der Waals surface area contributed by atoms with Crippen LogP contribution in [0.25, 0.3) is 0 Å². The zero-order valence-electron chi connectivity index (χ0n) is 36.5. The highest BCUT2D eigenvalue weighted by Gasteiger charge is 2.14. The van der Waals surface area contributed by atoms with Gasteiger partial charge >= 0.3 is 11.9 Å². The Bertz CT molecular complexity index is 1040. The number of hydrogen-bond acceptors (Lipinski definition) is 4. The second-order valence-corrected chi connectivity index (χ2v) is 15.6. The molecule has 0 aliphatic carbocycles. The molecule has 0 fully saturated rings. The highest BCUT2D eigenvalue weighted by atomic mass is 16.5. The molecule has 0 saturated carbocycles. The minimum absolute atomic E-state index is 0.0237. The van der Waals surface area contributed by atoms with Gasteiger partial charge in [-0.2, -0.15) is 0 Å². The Morgan fingerprint density at radius 2 is 0.839 bits per heavy atom. The van der Waals surface area contributed by atoms with Crippen LogP contribution >= 0.6 is 0 Å². The minimum Gasteiger partial charge on any atom is -0.480 e. The third-order valence-electron chi connectivity index (χ3n) is 10.2. The van der Waals surface area contributed by atoms with E-state index in [2.05, 4.69) is 79.9 Å². The van der Waals surface area contributed by atoms with Crippen molar-refractivity contribution in [2.75, 3.05) is 6.54 Å². The van der Waals surface area contributed by atoms with Crippen LogP contribution in [0.3, 0.4) is 0 Å². The van der Waals surface area contributed by atoms with Gasteiger partial charge in [0.25, 0.3) is 0 Å². The molecule has 0 heterocycles. The van der Waals surface area contributed by atoms with Crippen molar-refractivity contribution >= 4 is 17.8 Å². The first-order chi connectivity index (χ1) is 27.5. The van der Waals surface area contributed by atoms with E-state index < -0.39 is 5.97 Å². The Labute approximate surface area is 345 Å². The third-order valence-corrected chi connectivity index (χ3v) is 10.2. The van der Waals surface area contributed by atoms with E-state index in [4.69, 9.17) is 9.84 Å². The minimum atomic E-state index is -1.02. The summed E-state index contributed by atoms with van der Waals surface area (Å²) in [5.74, 6) is -1.27. The number of carbonyl (C=O) groups excluding carboxylic acids is 2. The van der Waals surface area contributed by atoms with Gasteiger partial charge in [0, 0.05) is 12.8 Å².